The SMILES string of the molecule is Cn1c(=S)n(C)c(=O)n(-c2cc(OC3(C(=O)O)CC3)c(Cl)cc2F)c1=O. The minimum atomic E-state index is -1.43. The topological polar surface area (TPSA) is 95.5 Å². The third-order valence-electron chi connectivity index (χ3n) is 4.17. The second-order valence-electron chi connectivity index (χ2n) is 5.94. The van der Waals surface area contributed by atoms with Gasteiger partial charge in [0, 0.05) is 33.0 Å². The van der Waals surface area contributed by atoms with Crippen molar-refractivity contribution in [3.63, 3.8) is 0 Å². The van der Waals surface area contributed by atoms with Gasteiger partial charge in [-0.1, -0.05) is 11.6 Å². The number of aliphatic carboxylic acids is 1. The number of rotatable bonds is 4. The Kier molecular flexibility index (Phi) is 4.27. The molecule has 1 aliphatic carbocycles. The molecule has 1 aromatic heterocycles. The van der Waals surface area contributed by atoms with Gasteiger partial charge in [0.15, 0.2) is 4.77 Å². The highest BCUT2D eigenvalue weighted by atomic mass is 35.5. The Morgan fingerprint density at radius 2 is 1.81 bits per heavy atom. The first kappa shape index (κ1) is 18.3. The molecule has 0 amide bonds. The van der Waals surface area contributed by atoms with Crippen molar-refractivity contribution in [3.8, 4) is 11.4 Å². The Labute approximate surface area is 155 Å². The van der Waals surface area contributed by atoms with Crippen LogP contribution in [-0.2, 0) is 18.9 Å². The fraction of sp³-hybridized carbons (Fsp3) is 0.333. The summed E-state index contributed by atoms with van der Waals surface area (Å²) in [4.78, 5) is 36.1. The maximum Gasteiger partial charge on any atom is 0.348 e. The summed E-state index contributed by atoms with van der Waals surface area (Å²) in [7, 11) is 2.69. The molecule has 1 aromatic carbocycles. The number of carboxylic acid groups (broad SMARTS) is 1. The summed E-state index contributed by atoms with van der Waals surface area (Å²) < 4.78 is 22.4. The van der Waals surface area contributed by atoms with Crippen molar-refractivity contribution in [2.75, 3.05) is 0 Å². The molecule has 1 fully saturated rings. The lowest BCUT2D eigenvalue weighted by molar-refractivity contribution is -0.147. The molecule has 8 nitrogen and oxygen atoms in total. The zero-order valence-electron chi connectivity index (χ0n) is 13.7. The Balaban J connectivity index is 2.24. The van der Waals surface area contributed by atoms with Crippen LogP contribution in [0.15, 0.2) is 21.7 Å². The highest BCUT2D eigenvalue weighted by molar-refractivity contribution is 7.71. The van der Waals surface area contributed by atoms with Crippen molar-refractivity contribution in [2.45, 2.75) is 18.4 Å². The first-order valence-electron chi connectivity index (χ1n) is 7.40. The molecule has 26 heavy (non-hydrogen) atoms. The maximum absolute atomic E-state index is 14.4. The van der Waals surface area contributed by atoms with E-state index >= 15 is 0 Å². The summed E-state index contributed by atoms with van der Waals surface area (Å²) in [5, 5.41) is 9.05. The molecule has 0 saturated heterocycles. The molecular formula is C15H13ClFN3O5S. The number of halogens is 2. The molecule has 0 bridgehead atoms. The lowest BCUT2D eigenvalue weighted by Gasteiger charge is -2.17. The molecule has 3 rings (SSSR count). The average Bonchev–Trinajstić information content (AvgIpc) is 3.36. The zero-order chi connectivity index (χ0) is 19.4. The van der Waals surface area contributed by atoms with E-state index in [1.54, 1.807) is 0 Å². The second kappa shape index (κ2) is 6.06. The lowest BCUT2D eigenvalue weighted by atomic mass is 10.2. The molecule has 0 unspecified atom stereocenters. The van der Waals surface area contributed by atoms with Crippen LogP contribution < -0.4 is 16.1 Å². The van der Waals surface area contributed by atoms with Crippen molar-refractivity contribution in [1.82, 2.24) is 13.7 Å². The number of ether oxygens (including phenoxy) is 1. The van der Waals surface area contributed by atoms with E-state index in [1.807, 2.05) is 0 Å². The van der Waals surface area contributed by atoms with Gasteiger partial charge >= 0.3 is 17.3 Å². The Morgan fingerprint density at radius 3 is 2.27 bits per heavy atom. The molecule has 2 aromatic rings. The van der Waals surface area contributed by atoms with Crippen molar-refractivity contribution >= 4 is 29.8 Å². The minimum absolute atomic E-state index is 0.0371. The number of aromatic nitrogens is 3. The molecular weight excluding hydrogens is 389 g/mol. The number of hydrogen-bond donors (Lipinski definition) is 1. The number of nitrogens with zero attached hydrogens (tertiary/aromatic N) is 3. The summed E-state index contributed by atoms with van der Waals surface area (Å²) >= 11 is 10.9. The van der Waals surface area contributed by atoms with Crippen LogP contribution in [0.3, 0.4) is 0 Å². The highest BCUT2D eigenvalue weighted by Crippen LogP contribution is 2.43. The Morgan fingerprint density at radius 1 is 1.27 bits per heavy atom. The van der Waals surface area contributed by atoms with E-state index in [0.29, 0.717) is 4.57 Å². The van der Waals surface area contributed by atoms with Crippen LogP contribution in [0.2, 0.25) is 5.02 Å². The van der Waals surface area contributed by atoms with Crippen LogP contribution in [0, 0.1) is 10.6 Å². The lowest BCUT2D eigenvalue weighted by Crippen LogP contribution is -2.43. The highest BCUT2D eigenvalue weighted by Gasteiger charge is 2.53. The van der Waals surface area contributed by atoms with Crippen molar-refractivity contribution < 1.29 is 19.0 Å². The van der Waals surface area contributed by atoms with Crippen molar-refractivity contribution in [1.29, 1.82) is 0 Å². The van der Waals surface area contributed by atoms with Gasteiger partial charge in [-0.3, -0.25) is 9.13 Å². The largest absolute Gasteiger partial charge is 0.478 e. The van der Waals surface area contributed by atoms with Gasteiger partial charge < -0.3 is 9.84 Å². The van der Waals surface area contributed by atoms with Gasteiger partial charge in [-0.25, -0.2) is 23.3 Å². The molecule has 138 valence electrons. The van der Waals surface area contributed by atoms with E-state index in [4.69, 9.17) is 28.6 Å². The standard InChI is InChI=1S/C15H13ClFN3O5S/c1-18-12(23)20(13(24)19(2)14(18)26)9-6-10(7(16)5-8(9)17)25-15(3-4-15)11(21)22/h5-6H,3-4H2,1-2H3,(H,21,22). The molecule has 0 radical (unpaired) electrons. The maximum atomic E-state index is 14.4. The van der Waals surface area contributed by atoms with Crippen molar-refractivity contribution in [2.24, 2.45) is 14.1 Å². The number of hydrogen-bond acceptors (Lipinski definition) is 5. The number of carboxylic acids is 1. The van der Waals surface area contributed by atoms with Gasteiger partial charge in [-0.2, -0.15) is 0 Å². The van der Waals surface area contributed by atoms with Crippen LogP contribution in [-0.4, -0.2) is 30.4 Å². The minimum Gasteiger partial charge on any atom is -0.478 e. The Hall–Kier alpha value is -2.46. The summed E-state index contributed by atoms with van der Waals surface area (Å²) in [6, 6.07) is 1.89. The third kappa shape index (κ3) is 2.74. The van der Waals surface area contributed by atoms with Crippen LogP contribution in [0.5, 0.6) is 5.75 Å². The molecule has 11 heteroatoms. The van der Waals surface area contributed by atoms with E-state index in [-0.39, 0.29) is 28.4 Å². The molecule has 0 atom stereocenters. The third-order valence-corrected chi connectivity index (χ3v) is 5.01. The quantitative estimate of drug-likeness (QED) is 0.778. The number of benzene rings is 1. The smallest absolute Gasteiger partial charge is 0.348 e. The first-order chi connectivity index (χ1) is 12.1. The van der Waals surface area contributed by atoms with Gasteiger partial charge in [0.2, 0.25) is 5.60 Å². The van der Waals surface area contributed by atoms with E-state index in [2.05, 4.69) is 0 Å². The van der Waals surface area contributed by atoms with E-state index in [1.165, 1.54) is 14.1 Å². The molecule has 0 aliphatic heterocycles. The van der Waals surface area contributed by atoms with Gasteiger partial charge in [-0.05, 0) is 18.3 Å². The normalized spacial score (nSPS) is 14.9. The van der Waals surface area contributed by atoms with Gasteiger partial charge in [0.1, 0.15) is 11.6 Å². The van der Waals surface area contributed by atoms with Gasteiger partial charge in [-0.15, -0.1) is 0 Å². The Bertz CT molecular complexity index is 1080. The van der Waals surface area contributed by atoms with E-state index in [0.717, 1.165) is 21.3 Å². The molecule has 1 N–H and O–H groups in total. The summed E-state index contributed by atoms with van der Waals surface area (Å²) in [5.74, 6) is -2.25. The van der Waals surface area contributed by atoms with Crippen molar-refractivity contribution in [3.05, 3.63) is 48.7 Å². The van der Waals surface area contributed by atoms with E-state index in [9.17, 15) is 23.9 Å². The van der Waals surface area contributed by atoms with Gasteiger partial charge in [0.05, 0.1) is 10.7 Å². The number of carbonyl (C=O) groups is 1. The fourth-order valence-electron chi connectivity index (χ4n) is 2.43. The molecule has 0 spiro atoms. The van der Waals surface area contributed by atoms with Crippen LogP contribution in [0.4, 0.5) is 4.39 Å². The first-order valence-corrected chi connectivity index (χ1v) is 8.18. The summed E-state index contributed by atoms with van der Waals surface area (Å²) in [6.07, 6.45) is 0.541. The predicted octanol–water partition coefficient (Wildman–Crippen LogP) is 1.39. The average molecular weight is 402 g/mol. The molecule has 1 heterocycles. The monoisotopic (exact) mass is 401 g/mol. The summed E-state index contributed by atoms with van der Waals surface area (Å²) in [5.41, 5.74) is -3.56. The van der Waals surface area contributed by atoms with Crippen LogP contribution in [0.25, 0.3) is 5.69 Å². The van der Waals surface area contributed by atoms with Crippen LogP contribution >= 0.6 is 23.8 Å². The zero-order valence-corrected chi connectivity index (χ0v) is 15.2. The fourth-order valence-corrected chi connectivity index (χ4v) is 2.77. The van der Waals surface area contributed by atoms with Crippen LogP contribution in [0.1, 0.15) is 12.8 Å². The molecule has 1 saturated carbocycles. The second-order valence-corrected chi connectivity index (χ2v) is 6.71. The summed E-state index contributed by atoms with van der Waals surface area (Å²) in [6.45, 7) is 0. The molecule has 1 aliphatic rings. The van der Waals surface area contributed by atoms with E-state index < -0.39 is 34.5 Å². The predicted molar refractivity (Wildman–Crippen MR) is 92.3 cm³/mol. The van der Waals surface area contributed by atoms with Gasteiger partial charge in [0.25, 0.3) is 0 Å².